The quantitative estimate of drug-likeness (QED) is 0.270. The van der Waals surface area contributed by atoms with Gasteiger partial charge in [0.15, 0.2) is 0 Å². The van der Waals surface area contributed by atoms with Crippen molar-refractivity contribution in [1.82, 2.24) is 24.6 Å². The lowest BCUT2D eigenvalue weighted by Gasteiger charge is -2.17. The molecule has 39 heavy (non-hydrogen) atoms. The number of anilines is 2. The first-order valence-electron chi connectivity index (χ1n) is 13.0. The normalized spacial score (nSPS) is 12.4. The summed E-state index contributed by atoms with van der Waals surface area (Å²) in [5.74, 6) is 0.219. The molecule has 5 aromatic rings. The van der Waals surface area contributed by atoms with E-state index in [1.807, 2.05) is 67.3 Å². The zero-order valence-corrected chi connectivity index (χ0v) is 23.1. The van der Waals surface area contributed by atoms with Crippen LogP contribution in [0.4, 0.5) is 11.6 Å². The molecular weight excluding hydrogens is 508 g/mol. The molecule has 2 aromatic carbocycles. The number of fused-ring (bicyclic) bond motifs is 4. The number of aromatic nitrogens is 4. The predicted molar refractivity (Wildman–Crippen MR) is 155 cm³/mol. The number of thiophene rings is 1. The standard InChI is InChI=1S/C30H30N6O2S/c1-35(2)14-15-38-29(37)25-17-20-10-7-11-23(28(20)39-25)32-30-31-18-21-12-13-22-26(27(21)33-30)24(36(3)34-22)16-19-8-5-4-6-9-19/h4-11,17-18H,12-16H2,1-3H3,(H,31,32,33). The number of nitrogens with zero attached hydrogens (tertiary/aromatic N) is 5. The molecule has 0 amide bonds. The van der Waals surface area contributed by atoms with E-state index >= 15 is 0 Å². The number of benzene rings is 2. The highest BCUT2D eigenvalue weighted by Crippen LogP contribution is 2.37. The number of likely N-dealkylation sites (N-methyl/N-ethyl adjacent to an activating group) is 1. The second-order valence-corrected chi connectivity index (χ2v) is 11.1. The maximum atomic E-state index is 12.6. The van der Waals surface area contributed by atoms with Gasteiger partial charge in [0, 0.05) is 31.8 Å². The molecular formula is C30H30N6O2S. The highest BCUT2D eigenvalue weighted by Gasteiger charge is 2.26. The van der Waals surface area contributed by atoms with E-state index in [-0.39, 0.29) is 5.97 Å². The van der Waals surface area contributed by atoms with Crippen LogP contribution < -0.4 is 5.32 Å². The average Bonchev–Trinajstić information content (AvgIpc) is 3.51. The van der Waals surface area contributed by atoms with E-state index in [9.17, 15) is 4.79 Å². The third kappa shape index (κ3) is 5.15. The molecule has 0 spiro atoms. The molecule has 9 heteroatoms. The molecule has 6 rings (SSSR count). The topological polar surface area (TPSA) is 85.2 Å². The zero-order valence-electron chi connectivity index (χ0n) is 22.3. The fourth-order valence-corrected chi connectivity index (χ4v) is 5.98. The van der Waals surface area contributed by atoms with E-state index in [4.69, 9.17) is 14.8 Å². The molecule has 0 unspecified atom stereocenters. The van der Waals surface area contributed by atoms with Gasteiger partial charge in [-0.2, -0.15) is 5.10 Å². The molecule has 3 aromatic heterocycles. The monoisotopic (exact) mass is 538 g/mol. The largest absolute Gasteiger partial charge is 0.460 e. The van der Waals surface area contributed by atoms with Crippen LogP contribution in [0.15, 0.2) is 60.8 Å². The summed E-state index contributed by atoms with van der Waals surface area (Å²) in [4.78, 5) is 24.8. The molecule has 0 aliphatic heterocycles. The van der Waals surface area contributed by atoms with Gasteiger partial charge < -0.3 is 15.0 Å². The van der Waals surface area contributed by atoms with E-state index < -0.39 is 0 Å². The third-order valence-electron chi connectivity index (χ3n) is 6.95. The minimum atomic E-state index is -0.302. The molecule has 1 N–H and O–H groups in total. The Hall–Kier alpha value is -4.08. The second-order valence-electron chi connectivity index (χ2n) is 10.0. The molecule has 0 fully saturated rings. The Morgan fingerprint density at radius 3 is 2.79 bits per heavy atom. The van der Waals surface area contributed by atoms with Crippen molar-refractivity contribution in [3.63, 3.8) is 0 Å². The number of rotatable bonds is 8. The number of nitrogens with one attached hydrogen (secondary N) is 1. The summed E-state index contributed by atoms with van der Waals surface area (Å²) in [6.07, 6.45) is 4.45. The van der Waals surface area contributed by atoms with Gasteiger partial charge >= 0.3 is 5.97 Å². The molecule has 1 aliphatic carbocycles. The smallest absolute Gasteiger partial charge is 0.348 e. The summed E-state index contributed by atoms with van der Waals surface area (Å²) in [5.41, 5.74) is 7.52. The van der Waals surface area contributed by atoms with Gasteiger partial charge in [0.1, 0.15) is 11.5 Å². The SMILES string of the molecule is CN(C)CCOC(=O)c1cc2cccc(Nc3ncc4c(n3)-c3c(nn(C)c3Cc3ccccc3)CC4)c2s1. The summed E-state index contributed by atoms with van der Waals surface area (Å²) in [7, 11) is 5.91. The van der Waals surface area contributed by atoms with Crippen LogP contribution in [0.3, 0.4) is 0 Å². The first-order chi connectivity index (χ1) is 19.0. The first-order valence-corrected chi connectivity index (χ1v) is 13.8. The number of carbonyl (C=O) groups is 1. The first kappa shape index (κ1) is 25.2. The maximum absolute atomic E-state index is 12.6. The summed E-state index contributed by atoms with van der Waals surface area (Å²) in [6, 6.07) is 18.3. The van der Waals surface area contributed by atoms with Crippen LogP contribution in [0.1, 0.15) is 32.2 Å². The van der Waals surface area contributed by atoms with Crippen LogP contribution in [0.25, 0.3) is 21.3 Å². The number of aryl methyl sites for hydroxylation is 3. The van der Waals surface area contributed by atoms with E-state index in [2.05, 4.69) is 34.6 Å². The fourth-order valence-electron chi connectivity index (χ4n) is 4.95. The summed E-state index contributed by atoms with van der Waals surface area (Å²) >= 11 is 1.41. The number of carbonyl (C=O) groups excluding carboxylic acids is 1. The number of ether oxygens (including phenoxy) is 1. The van der Waals surface area contributed by atoms with Crippen LogP contribution in [0.2, 0.25) is 0 Å². The molecule has 0 atom stereocenters. The van der Waals surface area contributed by atoms with Gasteiger partial charge in [-0.15, -0.1) is 11.3 Å². The van der Waals surface area contributed by atoms with Crippen LogP contribution in [0, 0.1) is 0 Å². The third-order valence-corrected chi connectivity index (χ3v) is 8.11. The minimum Gasteiger partial charge on any atom is -0.460 e. The van der Waals surface area contributed by atoms with Crippen molar-refractivity contribution in [2.75, 3.05) is 32.6 Å². The van der Waals surface area contributed by atoms with E-state index in [0.717, 1.165) is 63.2 Å². The predicted octanol–water partition coefficient (Wildman–Crippen LogP) is 5.24. The summed E-state index contributed by atoms with van der Waals surface area (Å²) in [6.45, 7) is 1.04. The van der Waals surface area contributed by atoms with E-state index in [1.165, 1.54) is 16.9 Å². The Morgan fingerprint density at radius 1 is 1.13 bits per heavy atom. The average molecular weight is 539 g/mol. The molecule has 0 radical (unpaired) electrons. The lowest BCUT2D eigenvalue weighted by molar-refractivity contribution is 0.0487. The lowest BCUT2D eigenvalue weighted by Crippen LogP contribution is -2.19. The minimum absolute atomic E-state index is 0.302. The van der Waals surface area contributed by atoms with Gasteiger partial charge in [0.05, 0.1) is 27.5 Å². The van der Waals surface area contributed by atoms with Gasteiger partial charge in [-0.3, -0.25) is 4.68 Å². The Balaban J connectivity index is 1.30. The van der Waals surface area contributed by atoms with Crippen LogP contribution in [-0.2, 0) is 31.0 Å². The molecule has 1 aliphatic rings. The van der Waals surface area contributed by atoms with E-state index in [1.54, 1.807) is 0 Å². The highest BCUT2D eigenvalue weighted by atomic mass is 32.1. The molecule has 0 bridgehead atoms. The van der Waals surface area contributed by atoms with Crippen LogP contribution in [0.5, 0.6) is 0 Å². The molecule has 8 nitrogen and oxygen atoms in total. The molecule has 3 heterocycles. The van der Waals surface area contributed by atoms with Gasteiger partial charge in [0.25, 0.3) is 0 Å². The van der Waals surface area contributed by atoms with Gasteiger partial charge in [-0.25, -0.2) is 14.8 Å². The van der Waals surface area contributed by atoms with E-state index in [0.29, 0.717) is 24.0 Å². The Labute approximate surface area is 231 Å². The Morgan fingerprint density at radius 2 is 1.97 bits per heavy atom. The van der Waals surface area contributed by atoms with Crippen molar-refractivity contribution < 1.29 is 9.53 Å². The Kier molecular flexibility index (Phi) is 6.85. The van der Waals surface area contributed by atoms with Crippen molar-refractivity contribution in [3.8, 4) is 11.3 Å². The van der Waals surface area contributed by atoms with Crippen molar-refractivity contribution >= 4 is 39.0 Å². The lowest BCUT2D eigenvalue weighted by atomic mass is 9.91. The van der Waals surface area contributed by atoms with Crippen molar-refractivity contribution in [2.24, 2.45) is 7.05 Å². The van der Waals surface area contributed by atoms with Crippen molar-refractivity contribution in [3.05, 3.63) is 88.2 Å². The van der Waals surface area contributed by atoms with Crippen LogP contribution in [-0.4, -0.2) is 57.9 Å². The number of esters is 1. The van der Waals surface area contributed by atoms with Gasteiger partial charge in [-0.1, -0.05) is 42.5 Å². The van der Waals surface area contributed by atoms with Gasteiger partial charge in [-0.05, 0) is 55.6 Å². The summed E-state index contributed by atoms with van der Waals surface area (Å²) < 4.78 is 8.41. The maximum Gasteiger partial charge on any atom is 0.348 e. The van der Waals surface area contributed by atoms with Crippen molar-refractivity contribution in [2.45, 2.75) is 19.3 Å². The number of hydrogen-bond donors (Lipinski definition) is 1. The molecule has 0 saturated heterocycles. The van der Waals surface area contributed by atoms with Crippen molar-refractivity contribution in [1.29, 1.82) is 0 Å². The summed E-state index contributed by atoms with van der Waals surface area (Å²) in [5, 5.41) is 9.23. The highest BCUT2D eigenvalue weighted by molar-refractivity contribution is 7.21. The second kappa shape index (κ2) is 10.6. The zero-order chi connectivity index (χ0) is 26.9. The Bertz CT molecular complexity index is 1660. The fraction of sp³-hybridized carbons (Fsp3) is 0.267. The molecule has 198 valence electrons. The number of hydrogen-bond acceptors (Lipinski definition) is 8. The van der Waals surface area contributed by atoms with Crippen LogP contribution >= 0.6 is 11.3 Å². The van der Waals surface area contributed by atoms with Gasteiger partial charge in [0.2, 0.25) is 5.95 Å². The molecule has 0 saturated carbocycles.